The molecule has 1 aliphatic rings. The van der Waals surface area contributed by atoms with Crippen LogP contribution in [0.3, 0.4) is 0 Å². The highest BCUT2D eigenvalue weighted by Crippen LogP contribution is 2.34. The molecule has 3 rings (SSSR count). The standard InChI is InChI=1S/C17H10Cl2N2O4S/c18-13-5-4-10(7-14(13)19)8-15-16(22)20(17(23)26-15)9-11-2-1-3-12(6-11)21(24)25/h1-8H,9H2/b15-8+. The highest BCUT2D eigenvalue weighted by Gasteiger charge is 2.35. The lowest BCUT2D eigenvalue weighted by Crippen LogP contribution is -2.27. The lowest BCUT2D eigenvalue weighted by atomic mass is 10.2. The van der Waals surface area contributed by atoms with Crippen LogP contribution in [0.5, 0.6) is 0 Å². The van der Waals surface area contributed by atoms with E-state index in [2.05, 4.69) is 0 Å². The van der Waals surface area contributed by atoms with Crippen molar-refractivity contribution in [3.63, 3.8) is 0 Å². The molecule has 132 valence electrons. The molecule has 0 radical (unpaired) electrons. The minimum absolute atomic E-state index is 0.0366. The Bertz CT molecular complexity index is 962. The zero-order valence-electron chi connectivity index (χ0n) is 13.0. The lowest BCUT2D eigenvalue weighted by Gasteiger charge is -2.12. The van der Waals surface area contributed by atoms with E-state index in [1.807, 2.05) is 0 Å². The summed E-state index contributed by atoms with van der Waals surface area (Å²) in [6.07, 6.45) is 1.56. The van der Waals surface area contributed by atoms with Gasteiger partial charge in [0.2, 0.25) is 0 Å². The summed E-state index contributed by atoms with van der Waals surface area (Å²) in [6, 6.07) is 10.7. The number of carbonyl (C=O) groups is 2. The summed E-state index contributed by atoms with van der Waals surface area (Å²) >= 11 is 12.6. The van der Waals surface area contributed by atoms with Crippen molar-refractivity contribution in [2.45, 2.75) is 6.54 Å². The van der Waals surface area contributed by atoms with E-state index in [-0.39, 0.29) is 17.1 Å². The molecule has 26 heavy (non-hydrogen) atoms. The number of hydrogen-bond donors (Lipinski definition) is 0. The molecular weight excluding hydrogens is 399 g/mol. The maximum absolute atomic E-state index is 12.5. The summed E-state index contributed by atoms with van der Waals surface area (Å²) in [6.45, 7) is -0.0366. The van der Waals surface area contributed by atoms with Crippen molar-refractivity contribution in [2.24, 2.45) is 0 Å². The molecular formula is C17H10Cl2N2O4S. The molecule has 2 amide bonds. The third-order valence-electron chi connectivity index (χ3n) is 3.58. The topological polar surface area (TPSA) is 80.5 Å². The number of amides is 2. The minimum Gasteiger partial charge on any atom is -0.268 e. The third-order valence-corrected chi connectivity index (χ3v) is 5.22. The molecule has 2 aromatic rings. The van der Waals surface area contributed by atoms with E-state index in [1.54, 1.807) is 30.3 Å². The molecule has 1 saturated heterocycles. The van der Waals surface area contributed by atoms with Gasteiger partial charge in [-0.3, -0.25) is 24.6 Å². The molecule has 1 aliphatic heterocycles. The number of imide groups is 1. The predicted octanol–water partition coefficient (Wildman–Crippen LogP) is 5.14. The highest BCUT2D eigenvalue weighted by molar-refractivity contribution is 8.18. The summed E-state index contributed by atoms with van der Waals surface area (Å²) in [5.74, 6) is -0.461. The van der Waals surface area contributed by atoms with Gasteiger partial charge in [0, 0.05) is 12.1 Å². The fraction of sp³-hybridized carbons (Fsp3) is 0.0588. The summed E-state index contributed by atoms with van der Waals surface area (Å²) in [5.41, 5.74) is 1.04. The van der Waals surface area contributed by atoms with E-state index in [0.717, 1.165) is 16.7 Å². The maximum atomic E-state index is 12.5. The number of hydrogen-bond acceptors (Lipinski definition) is 5. The molecule has 0 atom stereocenters. The Morgan fingerprint density at radius 3 is 2.58 bits per heavy atom. The van der Waals surface area contributed by atoms with E-state index >= 15 is 0 Å². The molecule has 0 aliphatic carbocycles. The fourth-order valence-electron chi connectivity index (χ4n) is 2.34. The Kier molecular flexibility index (Phi) is 5.31. The molecule has 0 unspecified atom stereocenters. The molecule has 1 fully saturated rings. The second kappa shape index (κ2) is 7.49. The van der Waals surface area contributed by atoms with Crippen molar-refractivity contribution in [2.75, 3.05) is 0 Å². The van der Waals surface area contributed by atoms with Gasteiger partial charge in [0.15, 0.2) is 0 Å². The Morgan fingerprint density at radius 1 is 1.12 bits per heavy atom. The first-order chi connectivity index (χ1) is 12.3. The van der Waals surface area contributed by atoms with Crippen molar-refractivity contribution in [3.05, 3.63) is 78.7 Å². The summed E-state index contributed by atoms with van der Waals surface area (Å²) in [7, 11) is 0. The number of thioether (sulfide) groups is 1. The van der Waals surface area contributed by atoms with E-state index in [0.29, 0.717) is 21.2 Å². The van der Waals surface area contributed by atoms with Crippen LogP contribution in [-0.2, 0) is 11.3 Å². The Labute approximate surface area is 162 Å². The van der Waals surface area contributed by atoms with E-state index in [9.17, 15) is 19.7 Å². The van der Waals surface area contributed by atoms with Crippen molar-refractivity contribution in [1.29, 1.82) is 0 Å². The van der Waals surface area contributed by atoms with E-state index in [4.69, 9.17) is 23.2 Å². The van der Waals surface area contributed by atoms with Crippen LogP contribution < -0.4 is 0 Å². The zero-order chi connectivity index (χ0) is 18.8. The number of benzene rings is 2. The number of rotatable bonds is 4. The number of nitro groups is 1. The SMILES string of the molecule is O=C1S/C(=C/c2ccc(Cl)c(Cl)c2)C(=O)N1Cc1cccc([N+](=O)[O-])c1. The molecule has 0 bridgehead atoms. The smallest absolute Gasteiger partial charge is 0.268 e. The predicted molar refractivity (Wildman–Crippen MR) is 101 cm³/mol. The number of nitrogens with zero attached hydrogens (tertiary/aromatic N) is 2. The van der Waals surface area contributed by atoms with Crippen molar-refractivity contribution in [1.82, 2.24) is 4.90 Å². The number of non-ortho nitro benzene ring substituents is 1. The Hall–Kier alpha value is -2.35. The van der Waals surface area contributed by atoms with Crippen LogP contribution in [0.4, 0.5) is 10.5 Å². The first-order valence-corrected chi connectivity index (χ1v) is 8.86. The Morgan fingerprint density at radius 2 is 1.88 bits per heavy atom. The average Bonchev–Trinajstić information content (AvgIpc) is 2.86. The van der Waals surface area contributed by atoms with Crippen LogP contribution in [0.15, 0.2) is 47.4 Å². The van der Waals surface area contributed by atoms with Crippen molar-refractivity contribution >= 4 is 57.9 Å². The Balaban J connectivity index is 1.82. The largest absolute Gasteiger partial charge is 0.293 e. The first-order valence-electron chi connectivity index (χ1n) is 7.29. The second-order valence-electron chi connectivity index (χ2n) is 5.37. The molecule has 0 saturated carbocycles. The van der Waals surface area contributed by atoms with Crippen LogP contribution in [0.1, 0.15) is 11.1 Å². The van der Waals surface area contributed by atoms with Crippen molar-refractivity contribution < 1.29 is 14.5 Å². The number of halogens is 2. The van der Waals surface area contributed by atoms with Gasteiger partial charge in [-0.25, -0.2) is 0 Å². The van der Waals surface area contributed by atoms with Gasteiger partial charge < -0.3 is 0 Å². The van der Waals surface area contributed by atoms with Gasteiger partial charge in [-0.1, -0.05) is 41.4 Å². The monoisotopic (exact) mass is 408 g/mol. The van der Waals surface area contributed by atoms with Gasteiger partial charge in [-0.15, -0.1) is 0 Å². The molecule has 0 spiro atoms. The molecule has 0 aromatic heterocycles. The molecule has 2 aromatic carbocycles. The van der Waals surface area contributed by atoms with E-state index < -0.39 is 16.1 Å². The molecule has 1 heterocycles. The first kappa shape index (κ1) is 18.4. The summed E-state index contributed by atoms with van der Waals surface area (Å²) in [4.78, 5) is 36.3. The van der Waals surface area contributed by atoms with Crippen molar-refractivity contribution in [3.8, 4) is 0 Å². The highest BCUT2D eigenvalue weighted by atomic mass is 35.5. The summed E-state index contributed by atoms with van der Waals surface area (Å²) in [5, 5.41) is 11.1. The normalized spacial score (nSPS) is 15.8. The molecule has 9 heteroatoms. The van der Waals surface area contributed by atoms with Crippen LogP contribution in [0.2, 0.25) is 10.0 Å². The number of nitro benzene ring substituents is 1. The van der Waals surface area contributed by atoms with Gasteiger partial charge in [-0.05, 0) is 41.1 Å². The fourth-order valence-corrected chi connectivity index (χ4v) is 3.49. The van der Waals surface area contributed by atoms with Gasteiger partial charge in [0.1, 0.15) is 0 Å². The van der Waals surface area contributed by atoms with Crippen LogP contribution in [-0.4, -0.2) is 21.0 Å². The van der Waals surface area contributed by atoms with Gasteiger partial charge in [0.25, 0.3) is 16.8 Å². The van der Waals surface area contributed by atoms with E-state index in [1.165, 1.54) is 18.2 Å². The van der Waals surface area contributed by atoms with Crippen LogP contribution >= 0.6 is 35.0 Å². The minimum atomic E-state index is -0.526. The second-order valence-corrected chi connectivity index (χ2v) is 7.18. The maximum Gasteiger partial charge on any atom is 0.293 e. The summed E-state index contributed by atoms with van der Waals surface area (Å²) < 4.78 is 0. The van der Waals surface area contributed by atoms with Crippen LogP contribution in [0.25, 0.3) is 6.08 Å². The molecule has 6 nitrogen and oxygen atoms in total. The molecule has 0 N–H and O–H groups in total. The van der Waals surface area contributed by atoms with Crippen LogP contribution in [0, 0.1) is 10.1 Å². The number of carbonyl (C=O) groups excluding carboxylic acids is 2. The lowest BCUT2D eigenvalue weighted by molar-refractivity contribution is -0.384. The zero-order valence-corrected chi connectivity index (χ0v) is 15.3. The third kappa shape index (κ3) is 3.90. The van der Waals surface area contributed by atoms with Gasteiger partial charge >= 0.3 is 0 Å². The average molecular weight is 409 g/mol. The quantitative estimate of drug-likeness (QED) is 0.397. The van der Waals surface area contributed by atoms with Gasteiger partial charge in [-0.2, -0.15) is 0 Å². The van der Waals surface area contributed by atoms with Gasteiger partial charge in [0.05, 0.1) is 26.4 Å².